The normalized spacial score (nSPS) is 11.5. The standard InChI is InChI=1S/C17H21N3O4S/c1-19(12-11-18)25(23,24)20(16-5-3-2-4-6-16)13-14-7-9-15(10-8-14)17(21)22/h2-10H,11-13,18H2,1H3,(H,21,22). The van der Waals surface area contributed by atoms with Gasteiger partial charge in [-0.3, -0.25) is 4.31 Å². The van der Waals surface area contributed by atoms with E-state index in [-0.39, 0.29) is 25.2 Å². The molecule has 2 aromatic rings. The van der Waals surface area contributed by atoms with Crippen molar-refractivity contribution in [2.75, 3.05) is 24.4 Å². The van der Waals surface area contributed by atoms with E-state index < -0.39 is 16.2 Å². The van der Waals surface area contributed by atoms with Gasteiger partial charge in [-0.15, -0.1) is 0 Å². The minimum atomic E-state index is -3.77. The van der Waals surface area contributed by atoms with Crippen molar-refractivity contribution < 1.29 is 18.3 Å². The van der Waals surface area contributed by atoms with Crippen molar-refractivity contribution in [1.29, 1.82) is 0 Å². The Hall–Kier alpha value is -2.42. The quantitative estimate of drug-likeness (QED) is 0.740. The zero-order valence-electron chi connectivity index (χ0n) is 13.9. The van der Waals surface area contributed by atoms with E-state index in [0.29, 0.717) is 11.3 Å². The highest BCUT2D eigenvalue weighted by Gasteiger charge is 2.27. The number of benzene rings is 2. The third-order valence-electron chi connectivity index (χ3n) is 3.69. The highest BCUT2D eigenvalue weighted by molar-refractivity contribution is 7.90. The highest BCUT2D eigenvalue weighted by atomic mass is 32.2. The summed E-state index contributed by atoms with van der Waals surface area (Å²) in [6, 6.07) is 14.9. The molecule has 0 aliphatic heterocycles. The second-order valence-corrected chi connectivity index (χ2v) is 7.42. The minimum absolute atomic E-state index is 0.0845. The molecule has 25 heavy (non-hydrogen) atoms. The number of carbonyl (C=O) groups is 1. The van der Waals surface area contributed by atoms with Crippen LogP contribution in [-0.4, -0.2) is 43.9 Å². The average molecular weight is 363 g/mol. The molecule has 0 fully saturated rings. The monoisotopic (exact) mass is 363 g/mol. The Labute approximate surface area is 147 Å². The van der Waals surface area contributed by atoms with Crippen LogP contribution in [0.5, 0.6) is 0 Å². The molecular formula is C17H21N3O4S. The Morgan fingerprint density at radius 2 is 1.68 bits per heavy atom. The van der Waals surface area contributed by atoms with Gasteiger partial charge in [-0.2, -0.15) is 12.7 Å². The van der Waals surface area contributed by atoms with Crippen molar-refractivity contribution in [2.45, 2.75) is 6.54 Å². The van der Waals surface area contributed by atoms with Crippen molar-refractivity contribution in [3.05, 3.63) is 65.7 Å². The SMILES string of the molecule is CN(CCN)S(=O)(=O)N(Cc1ccc(C(=O)O)cc1)c1ccccc1. The molecule has 0 atom stereocenters. The first-order chi connectivity index (χ1) is 11.9. The van der Waals surface area contributed by atoms with E-state index in [1.165, 1.54) is 27.8 Å². The lowest BCUT2D eigenvalue weighted by atomic mass is 10.1. The van der Waals surface area contributed by atoms with Gasteiger partial charge in [-0.25, -0.2) is 4.79 Å². The van der Waals surface area contributed by atoms with E-state index in [1.807, 2.05) is 0 Å². The Balaban J connectivity index is 2.37. The summed E-state index contributed by atoms with van der Waals surface area (Å²) >= 11 is 0. The Bertz CT molecular complexity index is 808. The maximum Gasteiger partial charge on any atom is 0.335 e. The molecule has 0 heterocycles. The fourth-order valence-electron chi connectivity index (χ4n) is 2.28. The number of hydrogen-bond donors (Lipinski definition) is 2. The van der Waals surface area contributed by atoms with Crippen LogP contribution in [0.15, 0.2) is 54.6 Å². The van der Waals surface area contributed by atoms with Gasteiger partial charge in [0.25, 0.3) is 0 Å². The van der Waals surface area contributed by atoms with Gasteiger partial charge in [0.05, 0.1) is 17.8 Å². The Morgan fingerprint density at radius 1 is 1.08 bits per heavy atom. The average Bonchev–Trinajstić information content (AvgIpc) is 2.60. The van der Waals surface area contributed by atoms with Crippen molar-refractivity contribution in [1.82, 2.24) is 4.31 Å². The summed E-state index contributed by atoms with van der Waals surface area (Å²) in [6.07, 6.45) is 0. The number of likely N-dealkylation sites (N-methyl/N-ethyl adjacent to an activating group) is 1. The number of anilines is 1. The number of para-hydroxylation sites is 1. The van der Waals surface area contributed by atoms with Gasteiger partial charge >= 0.3 is 16.2 Å². The van der Waals surface area contributed by atoms with E-state index in [9.17, 15) is 13.2 Å². The highest BCUT2D eigenvalue weighted by Crippen LogP contribution is 2.22. The number of hydrogen-bond acceptors (Lipinski definition) is 4. The second-order valence-electron chi connectivity index (χ2n) is 5.46. The minimum Gasteiger partial charge on any atom is -0.478 e. The fourth-order valence-corrected chi connectivity index (χ4v) is 3.66. The molecule has 0 radical (unpaired) electrons. The van der Waals surface area contributed by atoms with Gasteiger partial charge in [0.1, 0.15) is 0 Å². The molecule has 0 spiro atoms. The molecule has 0 saturated carbocycles. The maximum atomic E-state index is 12.9. The number of aromatic carboxylic acids is 1. The smallest absolute Gasteiger partial charge is 0.335 e. The van der Waals surface area contributed by atoms with E-state index >= 15 is 0 Å². The number of carboxylic acid groups (broad SMARTS) is 1. The van der Waals surface area contributed by atoms with Gasteiger partial charge < -0.3 is 10.8 Å². The summed E-state index contributed by atoms with van der Waals surface area (Å²) in [5.41, 5.74) is 6.83. The lowest BCUT2D eigenvalue weighted by molar-refractivity contribution is 0.0697. The summed E-state index contributed by atoms with van der Waals surface area (Å²) in [5.74, 6) is -1.03. The topological polar surface area (TPSA) is 104 Å². The summed E-state index contributed by atoms with van der Waals surface area (Å²) in [4.78, 5) is 11.0. The molecule has 3 N–H and O–H groups in total. The molecule has 0 saturated heterocycles. The van der Waals surface area contributed by atoms with Gasteiger partial charge in [0.15, 0.2) is 0 Å². The molecule has 0 bridgehead atoms. The van der Waals surface area contributed by atoms with Crippen LogP contribution in [0.1, 0.15) is 15.9 Å². The molecule has 0 unspecified atom stereocenters. The summed E-state index contributed by atoms with van der Waals surface area (Å²) in [7, 11) is -2.29. The Kier molecular flexibility index (Phi) is 6.13. The summed E-state index contributed by atoms with van der Waals surface area (Å²) in [5, 5.41) is 8.97. The predicted molar refractivity (Wildman–Crippen MR) is 96.6 cm³/mol. The zero-order chi connectivity index (χ0) is 18.4. The zero-order valence-corrected chi connectivity index (χ0v) is 14.7. The van der Waals surface area contributed by atoms with Crippen LogP contribution in [0, 0.1) is 0 Å². The number of nitrogens with two attached hydrogens (primary N) is 1. The lowest BCUT2D eigenvalue weighted by Gasteiger charge is -2.29. The number of rotatable bonds is 8. The van der Waals surface area contributed by atoms with Crippen LogP contribution in [-0.2, 0) is 16.8 Å². The van der Waals surface area contributed by atoms with Crippen LogP contribution in [0.25, 0.3) is 0 Å². The van der Waals surface area contributed by atoms with Crippen molar-refractivity contribution in [2.24, 2.45) is 5.73 Å². The number of carboxylic acids is 1. The Morgan fingerprint density at radius 3 is 2.20 bits per heavy atom. The van der Waals surface area contributed by atoms with Crippen LogP contribution < -0.4 is 10.0 Å². The first kappa shape index (κ1) is 18.9. The molecule has 0 aliphatic rings. The number of nitrogens with zero attached hydrogens (tertiary/aromatic N) is 2. The molecule has 0 amide bonds. The first-order valence-corrected chi connectivity index (χ1v) is 9.07. The summed E-state index contributed by atoms with van der Waals surface area (Å²) < 4.78 is 28.3. The predicted octanol–water partition coefficient (Wildman–Crippen LogP) is 1.53. The molecule has 7 nitrogen and oxygen atoms in total. The van der Waals surface area contributed by atoms with Crippen LogP contribution >= 0.6 is 0 Å². The van der Waals surface area contributed by atoms with Gasteiger partial charge in [0.2, 0.25) is 0 Å². The maximum absolute atomic E-state index is 12.9. The van der Waals surface area contributed by atoms with E-state index in [0.717, 1.165) is 0 Å². The third kappa shape index (κ3) is 4.56. The molecular weight excluding hydrogens is 342 g/mol. The largest absolute Gasteiger partial charge is 0.478 e. The molecule has 8 heteroatoms. The van der Waals surface area contributed by atoms with Crippen LogP contribution in [0.3, 0.4) is 0 Å². The van der Waals surface area contributed by atoms with Crippen LogP contribution in [0.4, 0.5) is 5.69 Å². The lowest BCUT2D eigenvalue weighted by Crippen LogP contribution is -2.43. The first-order valence-electron chi connectivity index (χ1n) is 7.67. The summed E-state index contributed by atoms with van der Waals surface area (Å²) in [6.45, 7) is 0.496. The second kappa shape index (κ2) is 8.11. The fraction of sp³-hybridized carbons (Fsp3) is 0.235. The third-order valence-corrected chi connectivity index (χ3v) is 5.55. The molecule has 134 valence electrons. The molecule has 2 aromatic carbocycles. The van der Waals surface area contributed by atoms with Gasteiger partial charge in [-0.05, 0) is 29.8 Å². The molecule has 0 aliphatic carbocycles. The van der Waals surface area contributed by atoms with Crippen molar-refractivity contribution >= 4 is 21.9 Å². The molecule has 0 aromatic heterocycles. The van der Waals surface area contributed by atoms with E-state index in [4.69, 9.17) is 10.8 Å². The van der Waals surface area contributed by atoms with Crippen LogP contribution in [0.2, 0.25) is 0 Å². The van der Waals surface area contributed by atoms with Gasteiger partial charge in [0, 0.05) is 20.1 Å². The van der Waals surface area contributed by atoms with E-state index in [2.05, 4.69) is 0 Å². The molecule has 2 rings (SSSR count). The van der Waals surface area contributed by atoms with Gasteiger partial charge in [-0.1, -0.05) is 30.3 Å². The van der Waals surface area contributed by atoms with E-state index in [1.54, 1.807) is 42.5 Å². The van der Waals surface area contributed by atoms with Crippen molar-refractivity contribution in [3.63, 3.8) is 0 Å². The van der Waals surface area contributed by atoms with Crippen molar-refractivity contribution in [3.8, 4) is 0 Å².